The number of carbonyl (C=O) groups excluding carboxylic acids is 1. The van der Waals surface area contributed by atoms with Gasteiger partial charge in [0.15, 0.2) is 5.78 Å². The molecule has 2 heterocycles. The second kappa shape index (κ2) is 4.24. The fourth-order valence-electron chi connectivity index (χ4n) is 1.23. The van der Waals surface area contributed by atoms with E-state index in [2.05, 4.69) is 10.1 Å². The molecule has 80 valence electrons. The van der Waals surface area contributed by atoms with Crippen molar-refractivity contribution in [3.63, 3.8) is 0 Å². The first-order chi connectivity index (χ1) is 7.69. The highest BCUT2D eigenvalue weighted by Gasteiger charge is 2.10. The van der Waals surface area contributed by atoms with E-state index < -0.39 is 0 Å². The summed E-state index contributed by atoms with van der Waals surface area (Å²) in [4.78, 5) is 17.3. The van der Waals surface area contributed by atoms with Gasteiger partial charge in [-0.1, -0.05) is 0 Å². The van der Waals surface area contributed by atoms with Gasteiger partial charge in [0.1, 0.15) is 18.9 Å². The first kappa shape index (κ1) is 10.5. The number of hydrogen-bond donors (Lipinski definition) is 0. The van der Waals surface area contributed by atoms with Crippen molar-refractivity contribution in [1.82, 2.24) is 14.8 Å². The molecule has 0 amide bonds. The van der Waals surface area contributed by atoms with Gasteiger partial charge in [-0.05, 0) is 19.1 Å². The first-order valence-electron chi connectivity index (χ1n) is 4.58. The van der Waals surface area contributed by atoms with Gasteiger partial charge in [0.25, 0.3) is 5.82 Å². The normalized spacial score (nSPS) is 10.0. The molecule has 0 aromatic carbocycles. The van der Waals surface area contributed by atoms with Crippen molar-refractivity contribution in [3.8, 4) is 6.07 Å². The van der Waals surface area contributed by atoms with Gasteiger partial charge in [-0.15, -0.1) is 16.4 Å². The molecular weight excluding hydrogens is 224 g/mol. The summed E-state index contributed by atoms with van der Waals surface area (Å²) in [5, 5.41) is 12.4. The van der Waals surface area contributed by atoms with E-state index in [-0.39, 0.29) is 18.2 Å². The van der Waals surface area contributed by atoms with Crippen molar-refractivity contribution in [3.05, 3.63) is 34.0 Å². The molecule has 0 aliphatic rings. The monoisotopic (exact) mass is 232 g/mol. The Morgan fingerprint density at radius 3 is 3.00 bits per heavy atom. The first-order valence-corrected chi connectivity index (χ1v) is 5.40. The Labute approximate surface area is 96.0 Å². The predicted molar refractivity (Wildman–Crippen MR) is 58.1 cm³/mol. The maximum absolute atomic E-state index is 11.8. The smallest absolute Gasteiger partial charge is 0.252 e. The lowest BCUT2D eigenvalue weighted by Crippen LogP contribution is -2.09. The minimum absolute atomic E-state index is 0.0208. The molecule has 16 heavy (non-hydrogen) atoms. The molecule has 0 radical (unpaired) electrons. The average Bonchev–Trinajstić information content (AvgIpc) is 2.87. The molecule has 0 spiro atoms. The summed E-state index contributed by atoms with van der Waals surface area (Å²) in [5.74, 6) is 0.0580. The van der Waals surface area contributed by atoms with E-state index in [0.29, 0.717) is 4.88 Å². The third kappa shape index (κ3) is 2.15. The third-order valence-corrected chi connectivity index (χ3v) is 3.00. The van der Waals surface area contributed by atoms with Gasteiger partial charge in [0.05, 0.1) is 4.88 Å². The van der Waals surface area contributed by atoms with Gasteiger partial charge in [-0.3, -0.25) is 4.79 Å². The molecule has 0 fully saturated rings. The number of Topliss-reactive ketones (excluding diaryl/α,β-unsaturated/α-hetero) is 1. The van der Waals surface area contributed by atoms with Crippen LogP contribution in [0.25, 0.3) is 0 Å². The van der Waals surface area contributed by atoms with Crippen molar-refractivity contribution >= 4 is 17.1 Å². The number of carbonyl (C=O) groups is 1. The van der Waals surface area contributed by atoms with Crippen molar-refractivity contribution in [2.75, 3.05) is 0 Å². The fourth-order valence-corrected chi connectivity index (χ4v) is 2.03. The molecule has 6 heteroatoms. The number of rotatable bonds is 3. The van der Waals surface area contributed by atoms with Gasteiger partial charge in [0, 0.05) is 4.88 Å². The molecule has 0 saturated heterocycles. The predicted octanol–water partition coefficient (Wildman–Crippen LogP) is 1.40. The zero-order chi connectivity index (χ0) is 11.5. The highest BCUT2D eigenvalue weighted by molar-refractivity contribution is 7.14. The van der Waals surface area contributed by atoms with E-state index in [1.54, 1.807) is 6.07 Å². The zero-order valence-electron chi connectivity index (χ0n) is 8.54. The van der Waals surface area contributed by atoms with Crippen LogP contribution in [-0.2, 0) is 6.54 Å². The quantitative estimate of drug-likeness (QED) is 0.750. The Hall–Kier alpha value is -2.00. The Bertz CT molecular complexity index is 563. The Kier molecular flexibility index (Phi) is 2.79. The summed E-state index contributed by atoms with van der Waals surface area (Å²) < 4.78 is 1.37. The molecular formula is C10H8N4OS. The van der Waals surface area contributed by atoms with Gasteiger partial charge in [-0.25, -0.2) is 9.67 Å². The number of aryl methyl sites for hydroxylation is 1. The van der Waals surface area contributed by atoms with Crippen LogP contribution in [0.5, 0.6) is 0 Å². The number of nitrogens with zero attached hydrogens (tertiary/aromatic N) is 4. The van der Waals surface area contributed by atoms with E-state index in [4.69, 9.17) is 5.26 Å². The highest BCUT2D eigenvalue weighted by Crippen LogP contribution is 2.15. The van der Waals surface area contributed by atoms with Crippen LogP contribution in [0.4, 0.5) is 0 Å². The molecule has 5 nitrogen and oxygen atoms in total. The van der Waals surface area contributed by atoms with Crippen LogP contribution in [0, 0.1) is 18.3 Å². The number of ketones is 1. The fraction of sp³-hybridized carbons (Fsp3) is 0.200. The van der Waals surface area contributed by atoms with Crippen LogP contribution in [0.1, 0.15) is 20.4 Å². The summed E-state index contributed by atoms with van der Waals surface area (Å²) in [7, 11) is 0. The average molecular weight is 232 g/mol. The van der Waals surface area contributed by atoms with E-state index in [1.165, 1.54) is 22.3 Å². The largest absolute Gasteiger partial charge is 0.291 e. The van der Waals surface area contributed by atoms with Gasteiger partial charge in [0.2, 0.25) is 0 Å². The topological polar surface area (TPSA) is 71.6 Å². The second-order valence-electron chi connectivity index (χ2n) is 3.21. The minimum Gasteiger partial charge on any atom is -0.291 e. The molecule has 0 atom stereocenters. The lowest BCUT2D eigenvalue weighted by Gasteiger charge is -1.96. The maximum atomic E-state index is 11.8. The molecule has 0 bridgehead atoms. The van der Waals surface area contributed by atoms with Gasteiger partial charge < -0.3 is 0 Å². The molecule has 0 N–H and O–H groups in total. The molecule has 2 aromatic heterocycles. The van der Waals surface area contributed by atoms with Crippen molar-refractivity contribution in [2.24, 2.45) is 0 Å². The Morgan fingerprint density at radius 1 is 1.62 bits per heavy atom. The summed E-state index contributed by atoms with van der Waals surface area (Å²) in [6, 6.07) is 5.51. The zero-order valence-corrected chi connectivity index (χ0v) is 9.36. The molecule has 2 aromatic rings. The van der Waals surface area contributed by atoms with Crippen LogP contribution in [0.2, 0.25) is 0 Å². The van der Waals surface area contributed by atoms with E-state index in [0.717, 1.165) is 4.88 Å². The molecule has 0 unspecified atom stereocenters. The van der Waals surface area contributed by atoms with Gasteiger partial charge >= 0.3 is 0 Å². The number of nitriles is 1. The molecule has 0 saturated carbocycles. The van der Waals surface area contributed by atoms with Crippen LogP contribution in [-0.4, -0.2) is 20.5 Å². The standard InChI is InChI=1S/C10H8N4OS/c1-7-2-3-9(16-7)8(15)5-14-6-12-10(4-11)13-14/h2-3,6H,5H2,1H3. The number of aromatic nitrogens is 3. The third-order valence-electron chi connectivity index (χ3n) is 1.96. The molecule has 0 aliphatic carbocycles. The highest BCUT2D eigenvalue weighted by atomic mass is 32.1. The molecule has 0 aliphatic heterocycles. The lowest BCUT2D eigenvalue weighted by atomic mass is 10.3. The van der Waals surface area contributed by atoms with E-state index >= 15 is 0 Å². The van der Waals surface area contributed by atoms with Gasteiger partial charge in [-0.2, -0.15) is 5.26 Å². The summed E-state index contributed by atoms with van der Waals surface area (Å²) in [6.07, 6.45) is 1.39. The van der Waals surface area contributed by atoms with E-state index in [9.17, 15) is 4.79 Å². The van der Waals surface area contributed by atoms with E-state index in [1.807, 2.05) is 19.1 Å². The van der Waals surface area contributed by atoms with Crippen molar-refractivity contribution in [2.45, 2.75) is 13.5 Å². The summed E-state index contributed by atoms with van der Waals surface area (Å²) >= 11 is 1.45. The second-order valence-corrected chi connectivity index (χ2v) is 4.50. The van der Waals surface area contributed by atoms with Crippen LogP contribution in [0.3, 0.4) is 0 Å². The SMILES string of the molecule is Cc1ccc(C(=O)Cn2cnc(C#N)n2)s1. The Balaban J connectivity index is 2.11. The minimum atomic E-state index is -0.0208. The van der Waals surface area contributed by atoms with Crippen LogP contribution < -0.4 is 0 Å². The van der Waals surface area contributed by atoms with Crippen molar-refractivity contribution < 1.29 is 4.79 Å². The number of hydrogen-bond acceptors (Lipinski definition) is 5. The van der Waals surface area contributed by atoms with Crippen molar-refractivity contribution in [1.29, 1.82) is 5.26 Å². The summed E-state index contributed by atoms with van der Waals surface area (Å²) in [6.45, 7) is 2.07. The van der Waals surface area contributed by atoms with Crippen LogP contribution in [0.15, 0.2) is 18.5 Å². The van der Waals surface area contributed by atoms with Crippen LogP contribution >= 0.6 is 11.3 Å². The molecule has 2 rings (SSSR count). The lowest BCUT2D eigenvalue weighted by molar-refractivity contribution is 0.0971. The maximum Gasteiger partial charge on any atom is 0.252 e. The Morgan fingerprint density at radius 2 is 2.44 bits per heavy atom. The number of thiophene rings is 1. The summed E-state index contributed by atoms with van der Waals surface area (Å²) in [5.41, 5.74) is 0.